The van der Waals surface area contributed by atoms with E-state index in [1.54, 1.807) is 41.3 Å². The lowest BCUT2D eigenvalue weighted by molar-refractivity contribution is -0.133. The van der Waals surface area contributed by atoms with E-state index >= 15 is 0 Å². The van der Waals surface area contributed by atoms with E-state index in [0.29, 0.717) is 36.8 Å². The second-order valence-electron chi connectivity index (χ2n) is 9.73. The van der Waals surface area contributed by atoms with Gasteiger partial charge >= 0.3 is 6.03 Å². The molecule has 3 rings (SSSR count). The molecule has 1 saturated heterocycles. The summed E-state index contributed by atoms with van der Waals surface area (Å²) in [6.45, 7) is 6.82. The number of nitrogens with zero attached hydrogens (tertiary/aromatic N) is 3. The second kappa shape index (κ2) is 15.6. The Morgan fingerprint density at radius 1 is 0.973 bits per heavy atom. The molecule has 0 aliphatic carbocycles. The maximum absolute atomic E-state index is 13.4. The summed E-state index contributed by atoms with van der Waals surface area (Å²) in [5.74, 6) is -0.0448. The van der Waals surface area contributed by atoms with E-state index in [0.717, 1.165) is 44.6 Å². The fraction of sp³-hybridized carbons (Fsp3) is 0.517. The van der Waals surface area contributed by atoms with Crippen molar-refractivity contribution < 1.29 is 14.0 Å². The number of amides is 3. The third kappa shape index (κ3) is 10.3. The van der Waals surface area contributed by atoms with Gasteiger partial charge in [0.15, 0.2) is 0 Å². The summed E-state index contributed by atoms with van der Waals surface area (Å²) >= 11 is 6.07. The zero-order valence-corrected chi connectivity index (χ0v) is 22.7. The van der Waals surface area contributed by atoms with E-state index in [2.05, 4.69) is 17.1 Å². The van der Waals surface area contributed by atoms with Gasteiger partial charge in [-0.25, -0.2) is 9.18 Å². The summed E-state index contributed by atoms with van der Waals surface area (Å²) < 4.78 is 13.4. The van der Waals surface area contributed by atoms with Gasteiger partial charge in [0.1, 0.15) is 5.82 Å². The Hall–Kier alpha value is -2.64. The van der Waals surface area contributed by atoms with E-state index in [1.807, 2.05) is 4.90 Å². The highest BCUT2D eigenvalue weighted by Crippen LogP contribution is 2.17. The first-order valence-electron chi connectivity index (χ1n) is 13.5. The molecule has 2 aromatic carbocycles. The molecule has 3 amide bonds. The van der Waals surface area contributed by atoms with Gasteiger partial charge < -0.3 is 15.1 Å². The molecule has 1 N–H and O–H groups in total. The first kappa shape index (κ1) is 28.9. The number of carbonyl (C=O) groups excluding carboxylic acids is 2. The summed E-state index contributed by atoms with van der Waals surface area (Å²) in [5, 5.41) is 3.46. The summed E-state index contributed by atoms with van der Waals surface area (Å²) in [4.78, 5) is 31.7. The quantitative estimate of drug-likeness (QED) is 0.304. The van der Waals surface area contributed by atoms with Gasteiger partial charge in [0, 0.05) is 62.9 Å². The molecule has 1 aliphatic heterocycles. The van der Waals surface area contributed by atoms with Crippen LogP contribution in [0.15, 0.2) is 48.5 Å². The third-order valence-corrected chi connectivity index (χ3v) is 7.04. The lowest BCUT2D eigenvalue weighted by Crippen LogP contribution is -2.50. The minimum absolute atomic E-state index is 0.237. The monoisotopic (exact) mass is 530 g/mol. The summed E-state index contributed by atoms with van der Waals surface area (Å²) in [7, 11) is 0. The maximum atomic E-state index is 13.4. The van der Waals surface area contributed by atoms with E-state index in [1.165, 1.54) is 37.8 Å². The van der Waals surface area contributed by atoms with Gasteiger partial charge in [-0.1, -0.05) is 68.8 Å². The number of anilines is 1. The minimum atomic E-state index is -0.303. The van der Waals surface area contributed by atoms with Gasteiger partial charge in [0.25, 0.3) is 0 Å². The van der Waals surface area contributed by atoms with Crippen molar-refractivity contribution in [3.63, 3.8) is 0 Å². The van der Waals surface area contributed by atoms with E-state index in [4.69, 9.17) is 11.6 Å². The normalized spacial score (nSPS) is 14.0. The second-order valence-corrected chi connectivity index (χ2v) is 10.2. The van der Waals surface area contributed by atoms with Crippen LogP contribution in [0.1, 0.15) is 57.4 Å². The van der Waals surface area contributed by atoms with E-state index < -0.39 is 0 Å². The molecule has 1 heterocycles. The number of urea groups is 1. The van der Waals surface area contributed by atoms with Crippen LogP contribution in [0.5, 0.6) is 0 Å². The van der Waals surface area contributed by atoms with Crippen LogP contribution in [0.2, 0.25) is 5.02 Å². The van der Waals surface area contributed by atoms with Crippen LogP contribution < -0.4 is 5.32 Å². The highest BCUT2D eigenvalue weighted by atomic mass is 35.5. The largest absolute Gasteiger partial charge is 0.340 e. The average Bonchev–Trinajstić information content (AvgIpc) is 2.90. The van der Waals surface area contributed by atoms with Gasteiger partial charge in [0.2, 0.25) is 5.91 Å². The highest BCUT2D eigenvalue weighted by Gasteiger charge is 2.22. The molecule has 0 spiro atoms. The zero-order chi connectivity index (χ0) is 26.5. The smallest absolute Gasteiger partial charge is 0.322 e. The third-order valence-electron chi connectivity index (χ3n) is 6.81. The fourth-order valence-electron chi connectivity index (χ4n) is 4.53. The van der Waals surface area contributed by atoms with Gasteiger partial charge in [-0.2, -0.15) is 0 Å². The molecular formula is C29H40ClFN4O2. The van der Waals surface area contributed by atoms with Gasteiger partial charge in [0.05, 0.1) is 0 Å². The predicted molar refractivity (Wildman–Crippen MR) is 148 cm³/mol. The van der Waals surface area contributed by atoms with E-state index in [-0.39, 0.29) is 17.8 Å². The van der Waals surface area contributed by atoms with Crippen LogP contribution in [0.4, 0.5) is 14.9 Å². The molecular weight excluding hydrogens is 491 g/mol. The van der Waals surface area contributed by atoms with Crippen molar-refractivity contribution in [2.75, 3.05) is 44.6 Å². The van der Waals surface area contributed by atoms with Crippen molar-refractivity contribution in [1.82, 2.24) is 14.7 Å². The molecule has 0 unspecified atom stereocenters. The molecule has 1 aliphatic rings. The Balaban J connectivity index is 1.47. The zero-order valence-electron chi connectivity index (χ0n) is 21.9. The molecule has 0 bridgehead atoms. The Kier molecular flexibility index (Phi) is 12.2. The number of carbonyl (C=O) groups is 2. The minimum Gasteiger partial charge on any atom is -0.340 e. The number of benzene rings is 2. The van der Waals surface area contributed by atoms with Gasteiger partial charge in [-0.3, -0.25) is 9.69 Å². The molecule has 6 nitrogen and oxygen atoms in total. The number of piperazine rings is 1. The number of halogens is 2. The fourth-order valence-corrected chi connectivity index (χ4v) is 4.72. The molecule has 0 atom stereocenters. The topological polar surface area (TPSA) is 55.9 Å². The van der Waals surface area contributed by atoms with Crippen LogP contribution in [-0.4, -0.2) is 65.9 Å². The Bertz CT molecular complexity index is 980. The van der Waals surface area contributed by atoms with Crippen LogP contribution in [0.25, 0.3) is 0 Å². The molecule has 2 aromatic rings. The molecule has 1 fully saturated rings. The van der Waals surface area contributed by atoms with Crippen molar-refractivity contribution in [2.24, 2.45) is 0 Å². The number of rotatable bonds is 13. The highest BCUT2D eigenvalue weighted by molar-refractivity contribution is 6.30. The Morgan fingerprint density at radius 3 is 2.38 bits per heavy atom. The summed E-state index contributed by atoms with van der Waals surface area (Å²) in [5.41, 5.74) is 1.48. The molecule has 0 aromatic heterocycles. The predicted octanol–water partition coefficient (Wildman–Crippen LogP) is 6.41. The number of hydrogen-bond donors (Lipinski definition) is 1. The summed E-state index contributed by atoms with van der Waals surface area (Å²) in [6.07, 6.45) is 7.74. The van der Waals surface area contributed by atoms with Crippen LogP contribution >= 0.6 is 11.6 Å². The molecule has 202 valence electrons. The van der Waals surface area contributed by atoms with Crippen molar-refractivity contribution >= 4 is 29.2 Å². The number of unbranched alkanes of at least 4 members (excludes halogenated alkanes) is 5. The number of hydrogen-bond acceptors (Lipinski definition) is 3. The Labute approximate surface area is 225 Å². The van der Waals surface area contributed by atoms with Crippen molar-refractivity contribution in [1.29, 1.82) is 0 Å². The van der Waals surface area contributed by atoms with Crippen LogP contribution in [0, 0.1) is 5.82 Å². The van der Waals surface area contributed by atoms with Crippen LogP contribution in [0.3, 0.4) is 0 Å². The van der Waals surface area contributed by atoms with Gasteiger partial charge in [-0.05, 0) is 42.3 Å². The SMILES string of the molecule is CCCCCCCCC(=O)N1CCN(CCN(Cc2ccc(F)cc2)C(=O)Nc2cccc(Cl)c2)CC1. The number of nitrogens with one attached hydrogen (secondary N) is 1. The lowest BCUT2D eigenvalue weighted by Gasteiger charge is -2.36. The average molecular weight is 531 g/mol. The standard InChI is InChI=1S/C29H40ClFN4O2/c1-2-3-4-5-6-7-11-28(36)34-19-16-33(17-20-34)18-21-35(23-24-12-14-26(31)15-13-24)29(37)32-27-10-8-9-25(30)22-27/h8-10,12-15,22H,2-7,11,16-21,23H2,1H3,(H,32,37). The van der Waals surface area contributed by atoms with E-state index in [9.17, 15) is 14.0 Å². The lowest BCUT2D eigenvalue weighted by atomic mass is 10.1. The molecule has 0 saturated carbocycles. The molecule has 0 radical (unpaired) electrons. The van der Waals surface area contributed by atoms with Crippen molar-refractivity contribution in [3.8, 4) is 0 Å². The Morgan fingerprint density at radius 2 is 1.68 bits per heavy atom. The molecule has 37 heavy (non-hydrogen) atoms. The maximum Gasteiger partial charge on any atom is 0.322 e. The van der Waals surface area contributed by atoms with Gasteiger partial charge in [-0.15, -0.1) is 0 Å². The van der Waals surface area contributed by atoms with Crippen molar-refractivity contribution in [3.05, 3.63) is 64.9 Å². The molecule has 8 heteroatoms. The first-order valence-corrected chi connectivity index (χ1v) is 13.9. The summed E-state index contributed by atoms with van der Waals surface area (Å²) in [6, 6.07) is 13.0. The first-order chi connectivity index (χ1) is 17.9. The van der Waals surface area contributed by atoms with Crippen LogP contribution in [-0.2, 0) is 11.3 Å². The van der Waals surface area contributed by atoms with Crippen molar-refractivity contribution in [2.45, 2.75) is 58.4 Å².